The molecule has 1 N–H and O–H groups in total. The standard InChI is InChI=1S/C14H21FN3O/c1-5-11(4)7-6-8-16-14(19)12-9-17-18(10(2)3)13(12)15/h6-7,9-11H,5,8H2,1-4H3/p+1/b7-6+. The fraction of sp³-hybridized carbons (Fsp3) is 0.571. The van der Waals surface area contributed by atoms with Crippen molar-refractivity contribution in [1.29, 1.82) is 0 Å². The number of halogens is 1. The van der Waals surface area contributed by atoms with Crippen molar-refractivity contribution in [2.24, 2.45) is 11.0 Å². The van der Waals surface area contributed by atoms with Gasteiger partial charge >= 0.3 is 5.95 Å². The van der Waals surface area contributed by atoms with Crippen molar-refractivity contribution in [2.45, 2.75) is 40.2 Å². The van der Waals surface area contributed by atoms with E-state index in [1.807, 2.05) is 26.0 Å². The molecule has 0 aliphatic carbocycles. The quantitative estimate of drug-likeness (QED) is 0.449. The van der Waals surface area contributed by atoms with E-state index < -0.39 is 11.9 Å². The summed E-state index contributed by atoms with van der Waals surface area (Å²) in [5.74, 6) is -0.533. The summed E-state index contributed by atoms with van der Waals surface area (Å²) in [6, 6.07) is -0.105. The van der Waals surface area contributed by atoms with E-state index in [1.165, 1.54) is 11.2 Å². The van der Waals surface area contributed by atoms with Crippen molar-refractivity contribution in [3.05, 3.63) is 30.2 Å². The summed E-state index contributed by atoms with van der Waals surface area (Å²) in [6.07, 6.45) is 4.98. The first-order valence-electron chi connectivity index (χ1n) is 6.65. The first kappa shape index (κ1) is 15.5. The summed E-state index contributed by atoms with van der Waals surface area (Å²) >= 11 is 0. The van der Waals surface area contributed by atoms with E-state index >= 15 is 0 Å². The summed E-state index contributed by atoms with van der Waals surface area (Å²) in [5, 5.41) is 6.52. The van der Waals surface area contributed by atoms with E-state index in [1.54, 1.807) is 0 Å². The zero-order chi connectivity index (χ0) is 14.4. The molecule has 0 aromatic heterocycles. The maximum Gasteiger partial charge on any atom is 0.396 e. The lowest BCUT2D eigenvalue weighted by atomic mass is 10.1. The molecule has 0 spiro atoms. The zero-order valence-electron chi connectivity index (χ0n) is 12.0. The number of hydrogen-bond acceptors (Lipinski definition) is 2. The van der Waals surface area contributed by atoms with Crippen LogP contribution < -0.4 is 5.32 Å². The molecule has 0 aromatic rings. The predicted octanol–water partition coefficient (Wildman–Crippen LogP) is 2.93. The van der Waals surface area contributed by atoms with Crippen LogP contribution in [0.1, 0.15) is 34.1 Å². The fourth-order valence-corrected chi connectivity index (χ4v) is 1.54. The molecule has 0 saturated carbocycles. The molecular formula is C14H22FN3O+. The first-order valence-corrected chi connectivity index (χ1v) is 6.65. The van der Waals surface area contributed by atoms with Crippen molar-refractivity contribution in [1.82, 2.24) is 5.32 Å². The molecule has 1 rings (SSSR count). The number of carbonyl (C=O) groups is 1. The van der Waals surface area contributed by atoms with Gasteiger partial charge in [0, 0.05) is 6.54 Å². The third-order valence-corrected chi connectivity index (χ3v) is 2.96. The van der Waals surface area contributed by atoms with Crippen LogP contribution in [0.3, 0.4) is 0 Å². The van der Waals surface area contributed by atoms with Gasteiger partial charge in [-0.3, -0.25) is 4.79 Å². The minimum atomic E-state index is -0.585. The van der Waals surface area contributed by atoms with Crippen LogP contribution in [0.5, 0.6) is 0 Å². The van der Waals surface area contributed by atoms with Crippen LogP contribution >= 0.6 is 0 Å². The summed E-state index contributed by atoms with van der Waals surface area (Å²) in [4.78, 5) is 11.8. The van der Waals surface area contributed by atoms with E-state index in [4.69, 9.17) is 0 Å². The third kappa shape index (κ3) is 4.26. The number of rotatable bonds is 6. The van der Waals surface area contributed by atoms with E-state index in [-0.39, 0.29) is 11.6 Å². The lowest BCUT2D eigenvalue weighted by Crippen LogP contribution is -2.26. The molecular weight excluding hydrogens is 245 g/mol. The molecule has 0 bridgehead atoms. The monoisotopic (exact) mass is 267 g/mol. The van der Waals surface area contributed by atoms with E-state index in [0.717, 1.165) is 6.42 Å². The number of nitrogens with zero attached hydrogens (tertiary/aromatic N) is 2. The Kier molecular flexibility index (Phi) is 5.86. The van der Waals surface area contributed by atoms with Gasteiger partial charge in [-0.25, -0.2) is 0 Å². The first-order chi connectivity index (χ1) is 8.97. The molecule has 1 aliphatic heterocycles. The number of hydrogen-bond donors (Lipinski definition) is 1. The second-order valence-electron chi connectivity index (χ2n) is 4.91. The number of carbonyl (C=O) groups excluding carboxylic acids is 1. The maximum atomic E-state index is 13.8. The molecule has 1 heterocycles. The highest BCUT2D eigenvalue weighted by atomic mass is 19.1. The average molecular weight is 267 g/mol. The Bertz CT molecular complexity index is 424. The van der Waals surface area contributed by atoms with Gasteiger partial charge in [-0.15, -0.1) is 4.39 Å². The molecule has 105 valence electrons. The van der Waals surface area contributed by atoms with Crippen LogP contribution in [0.4, 0.5) is 4.39 Å². The number of nitrogens with one attached hydrogen (secondary N) is 1. The SMILES string of the molecule is CCC(C)/C=C/CNC(=O)C1=C(F)[N+](C(C)C)=N[CH]1. The Morgan fingerprint density at radius 2 is 2.21 bits per heavy atom. The molecule has 0 fully saturated rings. The lowest BCUT2D eigenvalue weighted by molar-refractivity contribution is -0.585. The van der Waals surface area contributed by atoms with Gasteiger partial charge in [-0.2, -0.15) is 0 Å². The van der Waals surface area contributed by atoms with Crippen molar-refractivity contribution >= 4 is 5.91 Å². The molecule has 0 aromatic carbocycles. The number of azo groups is 2. The third-order valence-electron chi connectivity index (χ3n) is 2.96. The molecule has 4 nitrogen and oxygen atoms in total. The number of amides is 1. The molecule has 1 amide bonds. The van der Waals surface area contributed by atoms with Gasteiger partial charge in [0.25, 0.3) is 5.91 Å². The number of allylic oxidation sites excluding steroid dienone is 1. The van der Waals surface area contributed by atoms with Gasteiger partial charge in [0.2, 0.25) is 0 Å². The smallest absolute Gasteiger partial charge is 0.348 e. The predicted molar refractivity (Wildman–Crippen MR) is 71.9 cm³/mol. The Morgan fingerprint density at radius 1 is 1.53 bits per heavy atom. The van der Waals surface area contributed by atoms with Crippen LogP contribution in [0.2, 0.25) is 0 Å². The second kappa shape index (κ2) is 7.16. The molecule has 5 heteroatoms. The van der Waals surface area contributed by atoms with Crippen LogP contribution in [0.25, 0.3) is 0 Å². The van der Waals surface area contributed by atoms with Gasteiger partial charge in [0.15, 0.2) is 18.2 Å². The summed E-state index contributed by atoms with van der Waals surface area (Å²) < 4.78 is 15.0. The van der Waals surface area contributed by atoms with Gasteiger partial charge in [-0.1, -0.05) is 37.1 Å². The van der Waals surface area contributed by atoms with Crippen LogP contribution in [0.15, 0.2) is 28.8 Å². The summed E-state index contributed by atoms with van der Waals surface area (Å²) in [5.41, 5.74) is -0.00867. The minimum absolute atomic E-state index is 0.00867. The van der Waals surface area contributed by atoms with E-state index in [2.05, 4.69) is 24.3 Å². The Hall–Kier alpha value is -1.52. The molecule has 19 heavy (non-hydrogen) atoms. The van der Waals surface area contributed by atoms with Crippen LogP contribution in [0, 0.1) is 12.5 Å². The van der Waals surface area contributed by atoms with Gasteiger partial charge in [0.1, 0.15) is 0 Å². The fourth-order valence-electron chi connectivity index (χ4n) is 1.54. The summed E-state index contributed by atoms with van der Waals surface area (Å²) in [7, 11) is 0. The normalized spacial score (nSPS) is 17.3. The molecule has 1 unspecified atom stereocenters. The molecule has 1 atom stereocenters. The van der Waals surface area contributed by atoms with E-state index in [9.17, 15) is 9.18 Å². The van der Waals surface area contributed by atoms with Crippen LogP contribution in [-0.2, 0) is 4.79 Å². The van der Waals surface area contributed by atoms with Crippen molar-refractivity contribution < 1.29 is 13.9 Å². The van der Waals surface area contributed by atoms with Gasteiger partial charge < -0.3 is 5.32 Å². The minimum Gasteiger partial charge on any atom is -0.348 e. The maximum absolute atomic E-state index is 13.8. The van der Waals surface area contributed by atoms with Crippen molar-refractivity contribution in [3.63, 3.8) is 0 Å². The molecule has 1 radical (unpaired) electrons. The zero-order valence-corrected chi connectivity index (χ0v) is 12.0. The topological polar surface area (TPSA) is 44.5 Å². The Balaban J connectivity index is 2.50. The van der Waals surface area contributed by atoms with Crippen LogP contribution in [-0.4, -0.2) is 23.2 Å². The molecule has 1 aliphatic rings. The molecule has 0 saturated heterocycles. The Morgan fingerprint density at radius 3 is 2.74 bits per heavy atom. The van der Waals surface area contributed by atoms with Crippen molar-refractivity contribution in [3.8, 4) is 0 Å². The highest BCUT2D eigenvalue weighted by Gasteiger charge is 2.34. The Labute approximate surface area is 114 Å². The summed E-state index contributed by atoms with van der Waals surface area (Å²) in [6.45, 7) is 9.49. The van der Waals surface area contributed by atoms with Crippen molar-refractivity contribution in [2.75, 3.05) is 6.54 Å². The lowest BCUT2D eigenvalue weighted by Gasteiger charge is -2.02. The highest BCUT2D eigenvalue weighted by molar-refractivity contribution is 5.95. The average Bonchev–Trinajstić information content (AvgIpc) is 2.76. The van der Waals surface area contributed by atoms with Gasteiger partial charge in [-0.05, 0) is 24.9 Å². The van der Waals surface area contributed by atoms with E-state index in [0.29, 0.717) is 12.5 Å². The van der Waals surface area contributed by atoms with Gasteiger partial charge in [0.05, 0.1) is 0 Å². The second-order valence-corrected chi connectivity index (χ2v) is 4.91. The largest absolute Gasteiger partial charge is 0.396 e. The highest BCUT2D eigenvalue weighted by Crippen LogP contribution is 2.21.